The Morgan fingerprint density at radius 2 is 2.25 bits per heavy atom. The van der Waals surface area contributed by atoms with Crippen molar-refractivity contribution in [3.63, 3.8) is 0 Å². The molecule has 2 heteroatoms. The first-order valence-corrected chi connectivity index (χ1v) is 4.16. The molecule has 48 valence electrons. The number of hydrogen-bond donors (Lipinski definition) is 0. The fourth-order valence-corrected chi connectivity index (χ4v) is 2.87. The van der Waals surface area contributed by atoms with Gasteiger partial charge in [0.25, 0.3) is 0 Å². The minimum atomic E-state index is 0.0775. The predicted molar refractivity (Wildman–Crippen MR) is 40.8 cm³/mol. The molecular formula is C6H10BrCl. The van der Waals surface area contributed by atoms with Crippen LogP contribution in [-0.2, 0) is 0 Å². The van der Waals surface area contributed by atoms with Gasteiger partial charge in [-0.1, -0.05) is 22.9 Å². The number of alkyl halides is 2. The summed E-state index contributed by atoms with van der Waals surface area (Å²) in [5.74, 6) is 0.629. The first kappa shape index (κ1) is 6.88. The molecule has 1 fully saturated rings. The Hall–Kier alpha value is 0.770. The molecule has 0 nitrogen and oxygen atoms in total. The topological polar surface area (TPSA) is 0 Å². The molecule has 0 saturated heterocycles. The summed E-state index contributed by atoms with van der Waals surface area (Å²) in [5, 5.41) is 0. The lowest BCUT2D eigenvalue weighted by Crippen LogP contribution is -2.46. The monoisotopic (exact) mass is 196 g/mol. The lowest BCUT2D eigenvalue weighted by atomic mass is 9.75. The van der Waals surface area contributed by atoms with Crippen molar-refractivity contribution in [2.75, 3.05) is 0 Å². The quantitative estimate of drug-likeness (QED) is 0.524. The zero-order valence-corrected chi connectivity index (χ0v) is 7.46. The van der Waals surface area contributed by atoms with Gasteiger partial charge in [0.05, 0.1) is 0 Å². The molecule has 1 aliphatic rings. The van der Waals surface area contributed by atoms with Crippen LogP contribution >= 0.6 is 27.5 Å². The Labute approximate surface area is 63.7 Å². The van der Waals surface area contributed by atoms with E-state index in [0.717, 1.165) is 6.42 Å². The molecule has 0 aromatic heterocycles. The molecule has 3 atom stereocenters. The molecule has 8 heavy (non-hydrogen) atoms. The maximum atomic E-state index is 6.02. The van der Waals surface area contributed by atoms with Crippen LogP contribution in [0.3, 0.4) is 0 Å². The van der Waals surface area contributed by atoms with Crippen molar-refractivity contribution in [1.82, 2.24) is 0 Å². The highest BCUT2D eigenvalue weighted by Gasteiger charge is 2.44. The van der Waals surface area contributed by atoms with E-state index in [9.17, 15) is 0 Å². The summed E-state index contributed by atoms with van der Waals surface area (Å²) in [4.78, 5) is 0.735. The van der Waals surface area contributed by atoms with Gasteiger partial charge in [0, 0.05) is 9.70 Å². The average molecular weight is 198 g/mol. The van der Waals surface area contributed by atoms with Gasteiger partial charge in [0.2, 0.25) is 0 Å². The highest BCUT2D eigenvalue weighted by atomic mass is 79.9. The second-order valence-electron chi connectivity index (χ2n) is 2.79. The Bertz CT molecular complexity index is 101. The first-order chi connectivity index (χ1) is 3.54. The largest absolute Gasteiger partial charge is 0.119 e. The van der Waals surface area contributed by atoms with E-state index in [1.54, 1.807) is 0 Å². The van der Waals surface area contributed by atoms with Crippen LogP contribution in [0.1, 0.15) is 20.3 Å². The number of hydrogen-bond acceptors (Lipinski definition) is 0. The molecule has 1 aliphatic carbocycles. The second kappa shape index (κ2) is 1.88. The van der Waals surface area contributed by atoms with Crippen molar-refractivity contribution in [1.29, 1.82) is 0 Å². The van der Waals surface area contributed by atoms with Crippen LogP contribution in [-0.4, -0.2) is 9.70 Å². The molecule has 0 amide bonds. The normalized spacial score (nSPS) is 55.5. The number of rotatable bonds is 0. The van der Waals surface area contributed by atoms with E-state index >= 15 is 0 Å². The molecule has 0 spiro atoms. The van der Waals surface area contributed by atoms with Crippen LogP contribution in [0.5, 0.6) is 0 Å². The predicted octanol–water partition coefficient (Wildman–Crippen LogP) is 2.79. The second-order valence-corrected chi connectivity index (χ2v) is 4.83. The van der Waals surface area contributed by atoms with Gasteiger partial charge in [-0.05, 0) is 19.3 Å². The smallest absolute Gasteiger partial charge is 0.0465 e. The molecule has 3 unspecified atom stereocenters. The van der Waals surface area contributed by atoms with E-state index in [1.807, 2.05) is 0 Å². The first-order valence-electron chi connectivity index (χ1n) is 2.87. The third-order valence-electron chi connectivity index (χ3n) is 2.09. The molecule has 0 aliphatic heterocycles. The molecule has 0 heterocycles. The van der Waals surface area contributed by atoms with E-state index in [4.69, 9.17) is 11.6 Å². The molecular weight excluding hydrogens is 187 g/mol. The van der Waals surface area contributed by atoms with E-state index in [1.165, 1.54) is 0 Å². The van der Waals surface area contributed by atoms with Crippen molar-refractivity contribution in [2.24, 2.45) is 5.92 Å². The van der Waals surface area contributed by atoms with Crippen LogP contribution in [0.2, 0.25) is 0 Å². The lowest BCUT2D eigenvalue weighted by molar-refractivity contribution is 0.270. The molecule has 0 aromatic carbocycles. The van der Waals surface area contributed by atoms with Gasteiger partial charge in [0.15, 0.2) is 0 Å². The summed E-state index contributed by atoms with van der Waals surface area (Å²) in [6, 6.07) is 0. The van der Waals surface area contributed by atoms with Crippen molar-refractivity contribution < 1.29 is 0 Å². The van der Waals surface area contributed by atoms with E-state index < -0.39 is 0 Å². The van der Waals surface area contributed by atoms with Crippen LogP contribution in [0.15, 0.2) is 0 Å². The summed E-state index contributed by atoms with van der Waals surface area (Å²) in [5.41, 5.74) is 0. The zero-order chi connectivity index (χ0) is 6.36. The number of halogens is 2. The minimum absolute atomic E-state index is 0.0775. The molecule has 1 saturated carbocycles. The fraction of sp³-hybridized carbons (Fsp3) is 1.00. The van der Waals surface area contributed by atoms with Gasteiger partial charge in [0.1, 0.15) is 0 Å². The Kier molecular flexibility index (Phi) is 1.62. The van der Waals surface area contributed by atoms with Crippen LogP contribution < -0.4 is 0 Å². The van der Waals surface area contributed by atoms with Gasteiger partial charge >= 0.3 is 0 Å². The van der Waals surface area contributed by atoms with Crippen LogP contribution in [0, 0.1) is 5.92 Å². The van der Waals surface area contributed by atoms with Gasteiger partial charge in [-0.25, -0.2) is 0 Å². The highest BCUT2D eigenvalue weighted by Crippen LogP contribution is 2.47. The maximum absolute atomic E-state index is 6.02. The Morgan fingerprint density at radius 3 is 2.25 bits per heavy atom. The lowest BCUT2D eigenvalue weighted by Gasteiger charge is -2.44. The SMILES string of the molecule is CC1C(Br)CC1(C)Cl. The maximum Gasteiger partial charge on any atom is 0.0465 e. The van der Waals surface area contributed by atoms with Gasteiger partial charge < -0.3 is 0 Å². The molecule has 0 N–H and O–H groups in total. The third-order valence-corrected chi connectivity index (χ3v) is 3.70. The van der Waals surface area contributed by atoms with Gasteiger partial charge in [-0.3, -0.25) is 0 Å². The molecule has 1 rings (SSSR count). The minimum Gasteiger partial charge on any atom is -0.119 e. The Balaban J connectivity index is 2.47. The average Bonchev–Trinajstić information content (AvgIpc) is 1.65. The van der Waals surface area contributed by atoms with Crippen molar-refractivity contribution in [3.8, 4) is 0 Å². The summed E-state index contributed by atoms with van der Waals surface area (Å²) in [7, 11) is 0. The summed E-state index contributed by atoms with van der Waals surface area (Å²) < 4.78 is 0. The summed E-state index contributed by atoms with van der Waals surface area (Å²) >= 11 is 9.54. The van der Waals surface area contributed by atoms with Crippen molar-refractivity contribution >= 4 is 27.5 Å². The molecule has 0 aromatic rings. The summed E-state index contributed by atoms with van der Waals surface area (Å²) in [6.07, 6.45) is 1.11. The third kappa shape index (κ3) is 0.906. The van der Waals surface area contributed by atoms with E-state index in [0.29, 0.717) is 10.7 Å². The van der Waals surface area contributed by atoms with Crippen molar-refractivity contribution in [2.45, 2.75) is 30.0 Å². The van der Waals surface area contributed by atoms with E-state index in [2.05, 4.69) is 29.8 Å². The molecule has 0 radical (unpaired) electrons. The van der Waals surface area contributed by atoms with Gasteiger partial charge in [-0.2, -0.15) is 0 Å². The molecule has 0 bridgehead atoms. The van der Waals surface area contributed by atoms with E-state index in [-0.39, 0.29) is 4.87 Å². The zero-order valence-electron chi connectivity index (χ0n) is 5.12. The van der Waals surface area contributed by atoms with Crippen molar-refractivity contribution in [3.05, 3.63) is 0 Å². The standard InChI is InChI=1S/C6H10BrCl/c1-4-5(7)3-6(4,2)8/h4-5H,3H2,1-2H3. The van der Waals surface area contributed by atoms with Crippen LogP contribution in [0.25, 0.3) is 0 Å². The highest BCUT2D eigenvalue weighted by molar-refractivity contribution is 9.09. The Morgan fingerprint density at radius 1 is 1.75 bits per heavy atom. The fourth-order valence-electron chi connectivity index (χ4n) is 0.961. The summed E-state index contributed by atoms with van der Waals surface area (Å²) in [6.45, 7) is 4.27. The van der Waals surface area contributed by atoms with Gasteiger partial charge in [-0.15, -0.1) is 11.6 Å². The van der Waals surface area contributed by atoms with Crippen LogP contribution in [0.4, 0.5) is 0 Å².